The largest absolute Gasteiger partial charge is 0.358 e. The Labute approximate surface area is 185 Å². The van der Waals surface area contributed by atoms with Gasteiger partial charge in [-0.3, -0.25) is 4.84 Å². The highest BCUT2D eigenvalue weighted by atomic mass is 79.9. The van der Waals surface area contributed by atoms with Crippen molar-refractivity contribution in [2.75, 3.05) is 18.5 Å². The Hall–Kier alpha value is -0.140. The van der Waals surface area contributed by atoms with Gasteiger partial charge in [-0.15, -0.1) is 11.6 Å². The molecule has 0 aromatic heterocycles. The van der Waals surface area contributed by atoms with Crippen LogP contribution in [0.5, 0.6) is 0 Å². The summed E-state index contributed by atoms with van der Waals surface area (Å²) in [5, 5.41) is 1.95. The summed E-state index contributed by atoms with van der Waals surface area (Å²) in [4.78, 5) is 18.1. The van der Waals surface area contributed by atoms with E-state index in [0.29, 0.717) is 10.7 Å². The van der Waals surface area contributed by atoms with E-state index in [0.717, 1.165) is 30.2 Å². The highest BCUT2D eigenvalue weighted by Crippen LogP contribution is 2.37. The van der Waals surface area contributed by atoms with E-state index in [1.807, 2.05) is 12.1 Å². The van der Waals surface area contributed by atoms with Crippen LogP contribution >= 0.6 is 51.1 Å². The SMILES string of the molecule is CON(C)C(=O)N(SC1CCCCCCCCC1Cl)c1ccc(Br)c(Cl)c1. The summed E-state index contributed by atoms with van der Waals surface area (Å²) in [7, 11) is 3.07. The monoisotopic (exact) mass is 496 g/mol. The zero-order chi connectivity index (χ0) is 19.8. The molecule has 1 aliphatic rings. The Morgan fingerprint density at radius 1 is 1.19 bits per heavy atom. The van der Waals surface area contributed by atoms with Gasteiger partial charge in [0, 0.05) is 22.1 Å². The average molecular weight is 498 g/mol. The Balaban J connectivity index is 2.25. The predicted octanol–water partition coefficient (Wildman–Crippen LogP) is 7.28. The van der Waals surface area contributed by atoms with Crippen molar-refractivity contribution < 1.29 is 9.63 Å². The lowest BCUT2D eigenvalue weighted by Gasteiger charge is -2.31. The second-order valence-corrected chi connectivity index (χ2v) is 9.72. The minimum atomic E-state index is -0.262. The van der Waals surface area contributed by atoms with Gasteiger partial charge in [0.2, 0.25) is 0 Å². The van der Waals surface area contributed by atoms with Gasteiger partial charge in [0.25, 0.3) is 0 Å². The molecule has 1 aromatic carbocycles. The number of carbonyl (C=O) groups excluding carboxylic acids is 1. The van der Waals surface area contributed by atoms with Gasteiger partial charge >= 0.3 is 6.03 Å². The molecule has 0 N–H and O–H groups in total. The first-order valence-electron chi connectivity index (χ1n) is 9.32. The third-order valence-electron chi connectivity index (χ3n) is 4.72. The van der Waals surface area contributed by atoms with Crippen molar-refractivity contribution in [3.05, 3.63) is 27.7 Å². The number of nitrogens with zero attached hydrogens (tertiary/aromatic N) is 2. The molecule has 0 heterocycles. The van der Waals surface area contributed by atoms with E-state index in [4.69, 9.17) is 28.0 Å². The number of carbonyl (C=O) groups is 1. The minimum absolute atomic E-state index is 0.0298. The lowest BCUT2D eigenvalue weighted by atomic mass is 10.0. The number of hydrogen-bond donors (Lipinski definition) is 0. The molecule has 0 radical (unpaired) electrons. The Morgan fingerprint density at radius 2 is 1.81 bits per heavy atom. The molecule has 1 saturated carbocycles. The molecule has 0 saturated heterocycles. The fraction of sp³-hybridized carbons (Fsp3) is 0.632. The van der Waals surface area contributed by atoms with Crippen LogP contribution in [0.2, 0.25) is 5.02 Å². The van der Waals surface area contributed by atoms with Crippen molar-refractivity contribution in [3.8, 4) is 0 Å². The summed E-state index contributed by atoms with van der Waals surface area (Å²) < 4.78 is 2.44. The third kappa shape index (κ3) is 7.00. The normalized spacial score (nSPS) is 21.5. The summed E-state index contributed by atoms with van der Waals surface area (Å²) in [6, 6.07) is 5.23. The topological polar surface area (TPSA) is 32.8 Å². The molecule has 2 amide bonds. The molecule has 1 aromatic rings. The number of anilines is 1. The maximum Gasteiger partial charge on any atom is 0.358 e. The number of benzene rings is 1. The third-order valence-corrected chi connectivity index (χ3v) is 8.03. The fourth-order valence-corrected chi connectivity index (χ4v) is 5.14. The molecule has 1 aliphatic carbocycles. The molecule has 4 nitrogen and oxygen atoms in total. The molecule has 1 fully saturated rings. The molecule has 27 heavy (non-hydrogen) atoms. The predicted molar refractivity (Wildman–Crippen MR) is 120 cm³/mol. The summed E-state index contributed by atoms with van der Waals surface area (Å²) in [5.41, 5.74) is 0.711. The van der Waals surface area contributed by atoms with Crippen LogP contribution in [0.4, 0.5) is 10.5 Å². The van der Waals surface area contributed by atoms with Crippen molar-refractivity contribution in [2.45, 2.75) is 62.0 Å². The number of amides is 2. The van der Waals surface area contributed by atoms with E-state index >= 15 is 0 Å². The lowest BCUT2D eigenvalue weighted by Crippen LogP contribution is -2.39. The average Bonchev–Trinajstić information content (AvgIpc) is 2.67. The minimum Gasteiger partial charge on any atom is -0.273 e. The Morgan fingerprint density at radius 3 is 2.44 bits per heavy atom. The number of hydrogen-bond acceptors (Lipinski definition) is 3. The van der Waals surface area contributed by atoms with Crippen molar-refractivity contribution in [3.63, 3.8) is 0 Å². The van der Waals surface area contributed by atoms with E-state index in [9.17, 15) is 4.79 Å². The van der Waals surface area contributed by atoms with Crippen LogP contribution in [0.15, 0.2) is 22.7 Å². The number of halogens is 3. The summed E-state index contributed by atoms with van der Waals surface area (Å²) >= 11 is 17.9. The summed E-state index contributed by atoms with van der Waals surface area (Å²) in [6.07, 6.45) is 9.26. The van der Waals surface area contributed by atoms with Gasteiger partial charge in [-0.25, -0.2) is 14.2 Å². The van der Waals surface area contributed by atoms with Crippen LogP contribution in [0.1, 0.15) is 51.4 Å². The Kier molecular flexibility index (Phi) is 10.1. The van der Waals surface area contributed by atoms with Crippen molar-refractivity contribution >= 4 is 62.8 Å². The fourth-order valence-electron chi connectivity index (χ4n) is 3.05. The molecule has 2 unspecified atom stereocenters. The molecule has 8 heteroatoms. The van der Waals surface area contributed by atoms with E-state index in [-0.39, 0.29) is 16.7 Å². The first-order chi connectivity index (χ1) is 12.9. The maximum absolute atomic E-state index is 12.9. The smallest absolute Gasteiger partial charge is 0.273 e. The number of rotatable bonds is 4. The molecule has 0 aliphatic heterocycles. The molecule has 152 valence electrons. The lowest BCUT2D eigenvalue weighted by molar-refractivity contribution is -0.0609. The second kappa shape index (κ2) is 11.8. The summed E-state index contributed by atoms with van der Waals surface area (Å²) in [5.74, 6) is 0. The van der Waals surface area contributed by atoms with Gasteiger partial charge in [0.1, 0.15) is 0 Å². The van der Waals surface area contributed by atoms with Crippen LogP contribution < -0.4 is 4.31 Å². The first-order valence-corrected chi connectivity index (χ1v) is 11.8. The van der Waals surface area contributed by atoms with Gasteiger partial charge < -0.3 is 0 Å². The van der Waals surface area contributed by atoms with E-state index in [1.54, 1.807) is 17.4 Å². The number of urea groups is 1. The highest BCUT2D eigenvalue weighted by molar-refractivity contribution is 9.10. The first kappa shape index (κ1) is 23.1. The molecular formula is C19H27BrCl2N2O2S. The van der Waals surface area contributed by atoms with Crippen LogP contribution in [-0.4, -0.2) is 35.9 Å². The highest BCUT2D eigenvalue weighted by Gasteiger charge is 2.29. The molecule has 2 rings (SSSR count). The molecular weight excluding hydrogens is 471 g/mol. The molecule has 0 bridgehead atoms. The van der Waals surface area contributed by atoms with Gasteiger partial charge in [-0.2, -0.15) is 0 Å². The maximum atomic E-state index is 12.9. The van der Waals surface area contributed by atoms with Gasteiger partial charge in [-0.05, 0) is 58.9 Å². The summed E-state index contributed by atoms with van der Waals surface area (Å²) in [6.45, 7) is 0. The zero-order valence-corrected chi connectivity index (χ0v) is 19.7. The van der Waals surface area contributed by atoms with Crippen LogP contribution in [0.3, 0.4) is 0 Å². The zero-order valence-electron chi connectivity index (χ0n) is 15.8. The number of alkyl halides is 1. The molecule has 0 spiro atoms. The van der Waals surface area contributed by atoms with Gasteiger partial charge in [0.15, 0.2) is 0 Å². The van der Waals surface area contributed by atoms with Crippen molar-refractivity contribution in [1.29, 1.82) is 0 Å². The second-order valence-electron chi connectivity index (χ2n) is 6.71. The Bertz CT molecular complexity index is 623. The standard InChI is InChI=1S/C19H27BrCl2N2O2S/c1-23(26-2)19(25)24(14-11-12-15(20)17(22)13-14)27-18-10-8-6-4-3-5-7-9-16(18)21/h11-13,16,18H,3-10H2,1-2H3. The quantitative estimate of drug-likeness (QED) is 0.249. The van der Waals surface area contributed by atoms with Crippen LogP contribution in [-0.2, 0) is 4.84 Å². The van der Waals surface area contributed by atoms with Crippen molar-refractivity contribution in [2.24, 2.45) is 0 Å². The van der Waals surface area contributed by atoms with E-state index < -0.39 is 0 Å². The van der Waals surface area contributed by atoms with E-state index in [2.05, 4.69) is 15.9 Å². The van der Waals surface area contributed by atoms with Crippen LogP contribution in [0.25, 0.3) is 0 Å². The van der Waals surface area contributed by atoms with Gasteiger partial charge in [0.05, 0.1) is 17.8 Å². The van der Waals surface area contributed by atoms with Crippen LogP contribution in [0, 0.1) is 0 Å². The van der Waals surface area contributed by atoms with Crippen molar-refractivity contribution in [1.82, 2.24) is 5.06 Å². The molecule has 2 atom stereocenters. The van der Waals surface area contributed by atoms with Gasteiger partial charge in [-0.1, -0.05) is 50.1 Å². The van der Waals surface area contributed by atoms with E-state index in [1.165, 1.54) is 49.8 Å². The number of hydroxylamine groups is 2.